The molecule has 0 unspecified atom stereocenters. The molecule has 30 heavy (non-hydrogen) atoms. The third-order valence-electron chi connectivity index (χ3n) is 3.72. The van der Waals surface area contributed by atoms with Crippen LogP contribution in [0, 0.1) is 15.9 Å². The summed E-state index contributed by atoms with van der Waals surface area (Å²) in [4.78, 5) is 37.3. The van der Waals surface area contributed by atoms with Gasteiger partial charge in [0.15, 0.2) is 0 Å². The first-order valence-electron chi connectivity index (χ1n) is 8.31. The van der Waals surface area contributed by atoms with Crippen LogP contribution >= 0.6 is 0 Å². The maximum Gasteiger partial charge on any atom is 0.409 e. The maximum atomic E-state index is 12.9. The van der Waals surface area contributed by atoms with E-state index in [0.717, 1.165) is 18.3 Å². The third kappa shape index (κ3) is 5.04. The van der Waals surface area contributed by atoms with Gasteiger partial charge in [-0.3, -0.25) is 20.2 Å². The minimum Gasteiger partial charge on any atom is -0.465 e. The minimum atomic E-state index is -1.23. The number of rotatable bonds is 6. The first-order chi connectivity index (χ1) is 14.3. The van der Waals surface area contributed by atoms with E-state index in [0.29, 0.717) is 5.69 Å². The Morgan fingerprint density at radius 2 is 1.80 bits per heavy atom. The number of carbonyl (C=O) groups is 2. The summed E-state index contributed by atoms with van der Waals surface area (Å²) in [6.07, 6.45) is -0.310. The summed E-state index contributed by atoms with van der Waals surface area (Å²) in [5.74, 6) is -1.05. The smallest absolute Gasteiger partial charge is 0.409 e. The van der Waals surface area contributed by atoms with Gasteiger partial charge in [-0.25, -0.2) is 14.2 Å². The van der Waals surface area contributed by atoms with Crippen LogP contribution in [0.5, 0.6) is 11.5 Å². The molecule has 0 spiro atoms. The van der Waals surface area contributed by atoms with E-state index in [-0.39, 0.29) is 22.9 Å². The third-order valence-corrected chi connectivity index (χ3v) is 3.72. The molecule has 0 fully saturated rings. The van der Waals surface area contributed by atoms with E-state index in [9.17, 15) is 24.1 Å². The number of hydrogen-bond donors (Lipinski definition) is 3. The fourth-order valence-electron chi connectivity index (χ4n) is 2.38. The lowest BCUT2D eigenvalue weighted by Gasteiger charge is -2.09. The van der Waals surface area contributed by atoms with Crippen molar-refractivity contribution in [1.82, 2.24) is 4.98 Å². The second-order valence-corrected chi connectivity index (χ2v) is 5.81. The van der Waals surface area contributed by atoms with Gasteiger partial charge in [0.2, 0.25) is 5.75 Å². The number of nitrogens with zero attached hydrogens (tertiary/aromatic N) is 2. The summed E-state index contributed by atoms with van der Waals surface area (Å²) in [6, 6.07) is 11.7. The van der Waals surface area contributed by atoms with E-state index in [1.54, 1.807) is 0 Å². The molecule has 3 N–H and O–H groups in total. The molecular formula is C19H13FN4O6. The molecule has 3 aromatic rings. The van der Waals surface area contributed by atoms with Gasteiger partial charge in [-0.2, -0.15) is 0 Å². The van der Waals surface area contributed by atoms with Crippen molar-refractivity contribution in [3.8, 4) is 11.5 Å². The Balaban J connectivity index is 1.79. The highest BCUT2D eigenvalue weighted by Crippen LogP contribution is 2.32. The predicted molar refractivity (Wildman–Crippen MR) is 103 cm³/mol. The lowest BCUT2D eigenvalue weighted by molar-refractivity contribution is -0.385. The first-order valence-corrected chi connectivity index (χ1v) is 8.31. The second kappa shape index (κ2) is 8.65. The monoisotopic (exact) mass is 412 g/mol. The fraction of sp³-hybridized carbons (Fsp3) is 0. The zero-order valence-electron chi connectivity index (χ0n) is 15.0. The zero-order valence-corrected chi connectivity index (χ0v) is 15.0. The maximum absolute atomic E-state index is 12.9. The van der Waals surface area contributed by atoms with E-state index in [4.69, 9.17) is 9.84 Å². The number of carboxylic acid groups (broad SMARTS) is 1. The van der Waals surface area contributed by atoms with Crippen LogP contribution in [0.4, 0.5) is 26.4 Å². The lowest BCUT2D eigenvalue weighted by atomic mass is 10.1. The van der Waals surface area contributed by atoms with Crippen LogP contribution in [-0.4, -0.2) is 27.0 Å². The quantitative estimate of drug-likeness (QED) is 0.405. The Morgan fingerprint density at radius 3 is 2.40 bits per heavy atom. The molecule has 10 nitrogen and oxygen atoms in total. The molecule has 2 aromatic carbocycles. The second-order valence-electron chi connectivity index (χ2n) is 5.81. The number of nitrogens with one attached hydrogen (secondary N) is 2. The number of nitro groups is 1. The van der Waals surface area contributed by atoms with Gasteiger partial charge in [0.05, 0.1) is 11.1 Å². The highest BCUT2D eigenvalue weighted by atomic mass is 19.1. The van der Waals surface area contributed by atoms with Crippen LogP contribution in [0.2, 0.25) is 0 Å². The summed E-state index contributed by atoms with van der Waals surface area (Å²) >= 11 is 0. The van der Waals surface area contributed by atoms with Crippen molar-refractivity contribution in [1.29, 1.82) is 0 Å². The summed E-state index contributed by atoms with van der Waals surface area (Å²) in [5, 5.41) is 24.7. The molecule has 1 aromatic heterocycles. The normalized spacial score (nSPS) is 10.2. The molecule has 1 heterocycles. The Morgan fingerprint density at radius 1 is 1.07 bits per heavy atom. The van der Waals surface area contributed by atoms with Crippen LogP contribution < -0.4 is 15.4 Å². The van der Waals surface area contributed by atoms with Crippen molar-refractivity contribution in [2.45, 2.75) is 0 Å². The van der Waals surface area contributed by atoms with E-state index in [2.05, 4.69) is 15.6 Å². The van der Waals surface area contributed by atoms with E-state index < -0.39 is 28.4 Å². The van der Waals surface area contributed by atoms with Gasteiger partial charge in [-0.1, -0.05) is 0 Å². The number of nitro benzene ring substituents is 1. The Bertz CT molecular complexity index is 1100. The van der Waals surface area contributed by atoms with Crippen LogP contribution in [0.1, 0.15) is 10.4 Å². The van der Waals surface area contributed by atoms with Gasteiger partial charge in [0.1, 0.15) is 17.4 Å². The first kappa shape index (κ1) is 20.2. The van der Waals surface area contributed by atoms with Crippen LogP contribution in [0.3, 0.4) is 0 Å². The number of carbonyl (C=O) groups excluding carboxylic acids is 1. The number of ether oxygens (including phenoxy) is 1. The number of hydrogen-bond acceptors (Lipinski definition) is 6. The topological polar surface area (TPSA) is 144 Å². The van der Waals surface area contributed by atoms with Crippen molar-refractivity contribution >= 4 is 29.2 Å². The molecule has 152 valence electrons. The Labute approximate surface area is 168 Å². The summed E-state index contributed by atoms with van der Waals surface area (Å²) < 4.78 is 18.4. The summed E-state index contributed by atoms with van der Waals surface area (Å²) in [5.41, 5.74) is -0.186. The molecule has 2 amide bonds. The van der Waals surface area contributed by atoms with Crippen molar-refractivity contribution < 1.29 is 28.7 Å². The van der Waals surface area contributed by atoms with Gasteiger partial charge < -0.3 is 15.2 Å². The number of amides is 2. The molecule has 3 rings (SSSR count). The fourth-order valence-corrected chi connectivity index (χ4v) is 2.38. The minimum absolute atomic E-state index is 0.0267. The number of aromatic nitrogens is 1. The predicted octanol–water partition coefficient (Wildman–Crippen LogP) is 4.26. The van der Waals surface area contributed by atoms with Gasteiger partial charge in [-0.05, 0) is 48.5 Å². The Hall–Kier alpha value is -4.54. The van der Waals surface area contributed by atoms with Crippen molar-refractivity contribution in [3.05, 3.63) is 82.3 Å². The van der Waals surface area contributed by atoms with Crippen LogP contribution in [0.25, 0.3) is 0 Å². The number of anilines is 2. The van der Waals surface area contributed by atoms with Gasteiger partial charge >= 0.3 is 11.8 Å². The summed E-state index contributed by atoms with van der Waals surface area (Å²) in [7, 11) is 0. The van der Waals surface area contributed by atoms with E-state index >= 15 is 0 Å². The highest BCUT2D eigenvalue weighted by molar-refractivity contribution is 6.04. The molecule has 0 atom stereocenters. The van der Waals surface area contributed by atoms with Gasteiger partial charge in [-0.15, -0.1) is 0 Å². The molecule has 0 aliphatic rings. The van der Waals surface area contributed by atoms with E-state index in [1.807, 2.05) is 0 Å². The van der Waals surface area contributed by atoms with Crippen LogP contribution in [0.15, 0.2) is 60.8 Å². The van der Waals surface area contributed by atoms with Crippen molar-refractivity contribution in [2.24, 2.45) is 0 Å². The largest absolute Gasteiger partial charge is 0.465 e. The molecule has 0 radical (unpaired) electrons. The van der Waals surface area contributed by atoms with Crippen molar-refractivity contribution in [2.75, 3.05) is 10.6 Å². The molecule has 11 heteroatoms. The molecule has 0 aliphatic heterocycles. The number of benzene rings is 2. The SMILES string of the molecule is O=C(O)Nc1ccc(Oc2ccc(C(=O)Nc3ccc(F)cn3)cc2[N+](=O)[O-])cc1. The standard InChI is InChI=1S/C19H13FN4O6/c20-12-2-8-17(21-10-12)23-18(25)11-1-7-16(15(9-11)24(28)29)30-14-5-3-13(4-6-14)22-19(26)27/h1-10,22H,(H,26,27)(H,21,23,25). The number of pyridine rings is 1. The lowest BCUT2D eigenvalue weighted by Crippen LogP contribution is -2.13. The summed E-state index contributed by atoms with van der Waals surface area (Å²) in [6.45, 7) is 0. The molecular weight excluding hydrogens is 399 g/mol. The van der Waals surface area contributed by atoms with Crippen molar-refractivity contribution in [3.63, 3.8) is 0 Å². The molecule has 0 bridgehead atoms. The number of halogens is 1. The molecule has 0 saturated heterocycles. The molecule has 0 saturated carbocycles. The Kier molecular flexibility index (Phi) is 5.82. The average Bonchev–Trinajstić information content (AvgIpc) is 2.71. The zero-order chi connectivity index (χ0) is 21.7. The highest BCUT2D eigenvalue weighted by Gasteiger charge is 2.20. The van der Waals surface area contributed by atoms with Gasteiger partial charge in [0, 0.05) is 17.3 Å². The van der Waals surface area contributed by atoms with E-state index in [1.165, 1.54) is 42.5 Å². The van der Waals surface area contributed by atoms with Gasteiger partial charge in [0.25, 0.3) is 5.91 Å². The average molecular weight is 412 g/mol. The molecule has 0 aliphatic carbocycles. The van der Waals surface area contributed by atoms with Crippen LogP contribution in [-0.2, 0) is 0 Å².